The normalized spacial score (nSPS) is 38.5. The van der Waals surface area contributed by atoms with Crippen molar-refractivity contribution in [3.8, 4) is 0 Å². The molecule has 1 unspecified atom stereocenters. The van der Waals surface area contributed by atoms with Gasteiger partial charge in [0, 0.05) is 11.7 Å². The zero-order valence-electron chi connectivity index (χ0n) is 13.0. The number of aliphatic hydroxyl groups excluding tert-OH is 1. The van der Waals surface area contributed by atoms with Gasteiger partial charge in [0.25, 0.3) is 0 Å². The fraction of sp³-hybridized carbons (Fsp3) is 0.684. The van der Waals surface area contributed by atoms with Crippen LogP contribution in [0.2, 0.25) is 0 Å². The van der Waals surface area contributed by atoms with Gasteiger partial charge in [-0.15, -0.1) is 0 Å². The van der Waals surface area contributed by atoms with Crippen LogP contribution in [-0.4, -0.2) is 11.1 Å². The van der Waals surface area contributed by atoms with Gasteiger partial charge in [-0.05, 0) is 86.3 Å². The predicted molar refractivity (Wildman–Crippen MR) is 86.1 cm³/mol. The summed E-state index contributed by atoms with van der Waals surface area (Å²) >= 11 is 0. The molecule has 5 rings (SSSR count). The largest absolute Gasteiger partial charge is 0.392 e. The third-order valence-electron chi connectivity index (χ3n) is 6.52. The van der Waals surface area contributed by atoms with Crippen LogP contribution in [0.1, 0.15) is 51.0 Å². The second kappa shape index (κ2) is 5.01. The monoisotopic (exact) mass is 285 g/mol. The second-order valence-electron chi connectivity index (χ2n) is 8.00. The van der Waals surface area contributed by atoms with Crippen LogP contribution in [0.25, 0.3) is 0 Å². The molecule has 2 N–H and O–H groups in total. The van der Waals surface area contributed by atoms with Gasteiger partial charge in [-0.3, -0.25) is 0 Å². The van der Waals surface area contributed by atoms with E-state index in [-0.39, 0.29) is 6.61 Å². The van der Waals surface area contributed by atoms with Crippen LogP contribution in [0.15, 0.2) is 24.3 Å². The first-order valence-electron chi connectivity index (χ1n) is 8.63. The summed E-state index contributed by atoms with van der Waals surface area (Å²) in [5, 5.41) is 12.9. The summed E-state index contributed by atoms with van der Waals surface area (Å²) < 4.78 is 0. The highest BCUT2D eigenvalue weighted by atomic mass is 16.3. The van der Waals surface area contributed by atoms with Gasteiger partial charge < -0.3 is 10.4 Å². The fourth-order valence-corrected chi connectivity index (χ4v) is 5.82. The van der Waals surface area contributed by atoms with Crippen molar-refractivity contribution >= 4 is 5.69 Å². The summed E-state index contributed by atoms with van der Waals surface area (Å²) in [4.78, 5) is 0. The zero-order chi connectivity index (χ0) is 14.4. The van der Waals surface area contributed by atoms with Gasteiger partial charge in [-0.25, -0.2) is 0 Å². The molecular formula is C19H27NO. The van der Waals surface area contributed by atoms with E-state index >= 15 is 0 Å². The van der Waals surface area contributed by atoms with Crippen molar-refractivity contribution in [2.75, 3.05) is 5.32 Å². The van der Waals surface area contributed by atoms with Gasteiger partial charge >= 0.3 is 0 Å². The summed E-state index contributed by atoms with van der Waals surface area (Å²) in [6, 6.07) is 8.83. The molecule has 4 saturated carbocycles. The highest BCUT2D eigenvalue weighted by molar-refractivity contribution is 5.45. The molecule has 0 amide bonds. The van der Waals surface area contributed by atoms with Gasteiger partial charge in [0.2, 0.25) is 0 Å². The van der Waals surface area contributed by atoms with E-state index < -0.39 is 0 Å². The van der Waals surface area contributed by atoms with Gasteiger partial charge in [0.1, 0.15) is 0 Å². The summed E-state index contributed by atoms with van der Waals surface area (Å²) in [5.41, 5.74) is 2.74. The Labute approximate surface area is 128 Å². The lowest BCUT2D eigenvalue weighted by molar-refractivity contribution is -0.0602. The quantitative estimate of drug-likeness (QED) is 0.869. The molecule has 0 spiro atoms. The minimum atomic E-state index is 0.130. The molecule has 0 heterocycles. The smallest absolute Gasteiger partial charge is 0.0681 e. The summed E-state index contributed by atoms with van der Waals surface area (Å²) in [7, 11) is 0. The van der Waals surface area contributed by atoms with E-state index in [2.05, 4.69) is 24.4 Å². The molecule has 21 heavy (non-hydrogen) atoms. The van der Waals surface area contributed by atoms with Crippen LogP contribution >= 0.6 is 0 Å². The number of rotatable bonds is 4. The van der Waals surface area contributed by atoms with Crippen LogP contribution in [-0.2, 0) is 6.61 Å². The van der Waals surface area contributed by atoms with Crippen molar-refractivity contribution in [2.45, 2.75) is 58.1 Å². The molecule has 2 heteroatoms. The summed E-state index contributed by atoms with van der Waals surface area (Å²) in [6.45, 7) is 2.53. The Hall–Kier alpha value is -1.02. The van der Waals surface area contributed by atoms with E-state index in [1.807, 2.05) is 12.1 Å². The predicted octanol–water partition coefficient (Wildman–Crippen LogP) is 4.20. The topological polar surface area (TPSA) is 32.3 Å². The molecule has 4 aliphatic carbocycles. The molecule has 0 radical (unpaired) electrons. The second-order valence-corrected chi connectivity index (χ2v) is 8.00. The average molecular weight is 285 g/mol. The molecule has 2 nitrogen and oxygen atoms in total. The van der Waals surface area contributed by atoms with E-state index in [0.29, 0.717) is 11.5 Å². The van der Waals surface area contributed by atoms with Gasteiger partial charge in [-0.1, -0.05) is 12.1 Å². The van der Waals surface area contributed by atoms with E-state index in [9.17, 15) is 0 Å². The molecule has 0 saturated heterocycles. The molecule has 1 atom stereocenters. The fourth-order valence-electron chi connectivity index (χ4n) is 5.82. The van der Waals surface area contributed by atoms with Crippen molar-refractivity contribution in [1.82, 2.24) is 0 Å². The first-order valence-corrected chi connectivity index (χ1v) is 8.63. The maximum Gasteiger partial charge on any atom is 0.0681 e. The number of hydrogen-bond donors (Lipinski definition) is 2. The lowest BCUT2D eigenvalue weighted by Crippen LogP contribution is -2.52. The lowest BCUT2D eigenvalue weighted by atomic mass is 9.48. The Morgan fingerprint density at radius 1 is 1.05 bits per heavy atom. The standard InChI is InChI=1S/C19H27NO/c1-13(20-18-4-2-14(12-21)3-5-18)19-9-15-6-16(10-19)8-17(7-15)11-19/h2-5,13,15-17,20-21H,6-12H2,1H3. The SMILES string of the molecule is CC(Nc1ccc(CO)cc1)C12CC3CC(CC(C3)C1)C2. The van der Waals surface area contributed by atoms with Gasteiger partial charge in [0.05, 0.1) is 6.61 Å². The number of benzene rings is 1. The number of aliphatic hydroxyl groups is 1. The molecule has 0 aromatic heterocycles. The van der Waals surface area contributed by atoms with E-state index in [1.54, 1.807) is 0 Å². The van der Waals surface area contributed by atoms with Crippen molar-refractivity contribution < 1.29 is 5.11 Å². The van der Waals surface area contributed by atoms with Crippen molar-refractivity contribution in [3.63, 3.8) is 0 Å². The third-order valence-corrected chi connectivity index (χ3v) is 6.52. The molecule has 0 aliphatic heterocycles. The van der Waals surface area contributed by atoms with Crippen LogP contribution in [0.5, 0.6) is 0 Å². The maximum absolute atomic E-state index is 9.14. The molecular weight excluding hydrogens is 258 g/mol. The number of nitrogens with one attached hydrogen (secondary N) is 1. The van der Waals surface area contributed by atoms with E-state index in [1.165, 1.54) is 44.2 Å². The van der Waals surface area contributed by atoms with Crippen molar-refractivity contribution in [3.05, 3.63) is 29.8 Å². The zero-order valence-corrected chi connectivity index (χ0v) is 13.0. The molecule has 4 fully saturated rings. The Bertz CT molecular complexity index is 472. The number of anilines is 1. The summed E-state index contributed by atoms with van der Waals surface area (Å²) in [5.74, 6) is 3.03. The van der Waals surface area contributed by atoms with E-state index in [0.717, 1.165) is 23.3 Å². The number of hydrogen-bond acceptors (Lipinski definition) is 2. The Kier molecular flexibility index (Phi) is 3.25. The molecule has 114 valence electrons. The van der Waals surface area contributed by atoms with Gasteiger partial charge in [-0.2, -0.15) is 0 Å². The van der Waals surface area contributed by atoms with Crippen LogP contribution < -0.4 is 5.32 Å². The average Bonchev–Trinajstić information content (AvgIpc) is 2.46. The lowest BCUT2D eigenvalue weighted by Gasteiger charge is -2.59. The van der Waals surface area contributed by atoms with Crippen LogP contribution in [0.4, 0.5) is 5.69 Å². The first-order chi connectivity index (χ1) is 10.2. The van der Waals surface area contributed by atoms with E-state index in [4.69, 9.17) is 5.11 Å². The van der Waals surface area contributed by atoms with Crippen molar-refractivity contribution in [2.24, 2.45) is 23.2 Å². The third kappa shape index (κ3) is 2.38. The van der Waals surface area contributed by atoms with Gasteiger partial charge in [0.15, 0.2) is 0 Å². The molecule has 4 bridgehead atoms. The summed E-state index contributed by atoms with van der Waals surface area (Å²) in [6.07, 6.45) is 8.87. The Morgan fingerprint density at radius 3 is 2.05 bits per heavy atom. The van der Waals surface area contributed by atoms with Crippen LogP contribution in [0.3, 0.4) is 0 Å². The molecule has 1 aromatic carbocycles. The Morgan fingerprint density at radius 2 is 1.57 bits per heavy atom. The minimum absolute atomic E-state index is 0.130. The highest BCUT2D eigenvalue weighted by Gasteiger charge is 2.53. The van der Waals surface area contributed by atoms with Crippen molar-refractivity contribution in [1.29, 1.82) is 0 Å². The first kappa shape index (κ1) is 13.6. The van der Waals surface area contributed by atoms with Crippen LogP contribution in [0, 0.1) is 23.2 Å². The molecule has 4 aliphatic rings. The maximum atomic E-state index is 9.14. The molecule has 1 aromatic rings. The minimum Gasteiger partial charge on any atom is -0.392 e. The highest BCUT2D eigenvalue weighted by Crippen LogP contribution is 2.61. The Balaban J connectivity index is 1.50.